The molecule has 0 saturated carbocycles. The van der Waals surface area contributed by atoms with Crippen molar-refractivity contribution in [1.82, 2.24) is 15.0 Å². The van der Waals surface area contributed by atoms with E-state index in [1.165, 1.54) is 6.33 Å². The van der Waals surface area contributed by atoms with Crippen molar-refractivity contribution in [3.63, 3.8) is 0 Å². The lowest BCUT2D eigenvalue weighted by molar-refractivity contribution is 1.03. The summed E-state index contributed by atoms with van der Waals surface area (Å²) < 4.78 is 0. The van der Waals surface area contributed by atoms with E-state index in [4.69, 9.17) is 5.41 Å². The Morgan fingerprint density at radius 2 is 1.85 bits per heavy atom. The van der Waals surface area contributed by atoms with Crippen LogP contribution >= 0.6 is 0 Å². The highest BCUT2D eigenvalue weighted by atomic mass is 15.2. The molecule has 0 fully saturated rings. The number of amidine groups is 1. The van der Waals surface area contributed by atoms with Crippen molar-refractivity contribution in [3.8, 4) is 0 Å². The number of anilines is 3. The van der Waals surface area contributed by atoms with Crippen molar-refractivity contribution in [1.29, 1.82) is 5.41 Å². The summed E-state index contributed by atoms with van der Waals surface area (Å²) >= 11 is 0. The van der Waals surface area contributed by atoms with Gasteiger partial charge in [0.05, 0.1) is 18.1 Å². The Balaban J connectivity index is 1.54. The number of aromatic nitrogens is 3. The number of hydrogen-bond acceptors (Lipinski definition) is 5. The average molecular weight is 342 g/mol. The van der Waals surface area contributed by atoms with Gasteiger partial charge in [0, 0.05) is 24.8 Å². The Morgan fingerprint density at radius 1 is 1.04 bits per heavy atom. The first-order valence-electron chi connectivity index (χ1n) is 8.37. The van der Waals surface area contributed by atoms with Crippen LogP contribution in [0.2, 0.25) is 0 Å². The standard InChI is InChI=1S/C20H18N6/c21-19-10-16(7-9-26(19)18-12-22-14-23-13-18)15-6-8-24-20(11-15)25-17-4-2-1-3-5-17/h1-8,11-14,21H,9-10H2,(H,24,25). The molecule has 6 heteroatoms. The van der Waals surface area contributed by atoms with Crippen molar-refractivity contribution < 1.29 is 0 Å². The maximum Gasteiger partial charge on any atom is 0.130 e. The average Bonchev–Trinajstić information content (AvgIpc) is 2.69. The van der Waals surface area contributed by atoms with E-state index in [0.717, 1.165) is 28.3 Å². The van der Waals surface area contributed by atoms with Crippen LogP contribution < -0.4 is 10.2 Å². The minimum atomic E-state index is 0.534. The molecule has 3 aromatic rings. The number of para-hydroxylation sites is 1. The number of benzene rings is 1. The second kappa shape index (κ2) is 7.14. The van der Waals surface area contributed by atoms with Crippen LogP contribution in [-0.4, -0.2) is 27.3 Å². The molecule has 3 heterocycles. The lowest BCUT2D eigenvalue weighted by Crippen LogP contribution is -2.33. The molecule has 1 aliphatic rings. The number of nitrogens with one attached hydrogen (secondary N) is 2. The number of pyridine rings is 1. The molecular formula is C20H18N6. The second-order valence-electron chi connectivity index (χ2n) is 5.98. The fourth-order valence-electron chi connectivity index (χ4n) is 2.94. The van der Waals surface area contributed by atoms with Crippen LogP contribution in [0, 0.1) is 5.41 Å². The predicted molar refractivity (Wildman–Crippen MR) is 104 cm³/mol. The third kappa shape index (κ3) is 3.44. The summed E-state index contributed by atoms with van der Waals surface area (Å²) in [5, 5.41) is 11.7. The largest absolute Gasteiger partial charge is 0.340 e. The van der Waals surface area contributed by atoms with Gasteiger partial charge in [0.25, 0.3) is 0 Å². The Kier molecular flexibility index (Phi) is 4.38. The van der Waals surface area contributed by atoms with Crippen molar-refractivity contribution in [2.45, 2.75) is 6.42 Å². The highest BCUT2D eigenvalue weighted by Crippen LogP contribution is 2.27. The van der Waals surface area contributed by atoms with Gasteiger partial charge in [0.15, 0.2) is 0 Å². The van der Waals surface area contributed by atoms with Crippen molar-refractivity contribution >= 4 is 28.6 Å². The van der Waals surface area contributed by atoms with E-state index < -0.39 is 0 Å². The summed E-state index contributed by atoms with van der Waals surface area (Å²) in [6.45, 7) is 0.630. The highest BCUT2D eigenvalue weighted by Gasteiger charge is 2.19. The zero-order valence-electron chi connectivity index (χ0n) is 14.1. The molecule has 1 aliphatic heterocycles. The van der Waals surface area contributed by atoms with Gasteiger partial charge in [-0.05, 0) is 35.4 Å². The molecule has 0 saturated heterocycles. The fraction of sp³-hybridized carbons (Fsp3) is 0.100. The first-order valence-corrected chi connectivity index (χ1v) is 8.37. The first-order chi connectivity index (χ1) is 12.8. The highest BCUT2D eigenvalue weighted by molar-refractivity contribution is 6.03. The van der Waals surface area contributed by atoms with E-state index in [-0.39, 0.29) is 0 Å². The Bertz CT molecular complexity index is 937. The van der Waals surface area contributed by atoms with Crippen molar-refractivity contribution in [2.75, 3.05) is 16.8 Å². The number of rotatable bonds is 4. The van der Waals surface area contributed by atoms with Gasteiger partial charge in [-0.1, -0.05) is 24.3 Å². The predicted octanol–water partition coefficient (Wildman–Crippen LogP) is 3.89. The number of hydrogen-bond donors (Lipinski definition) is 2. The summed E-state index contributed by atoms with van der Waals surface area (Å²) in [7, 11) is 0. The van der Waals surface area contributed by atoms with Crippen molar-refractivity contribution in [2.24, 2.45) is 0 Å². The topological polar surface area (TPSA) is 77.8 Å². The van der Waals surface area contributed by atoms with E-state index in [9.17, 15) is 0 Å². The van der Waals surface area contributed by atoms with Gasteiger partial charge in [0.2, 0.25) is 0 Å². The maximum atomic E-state index is 8.39. The maximum absolute atomic E-state index is 8.39. The zero-order valence-corrected chi connectivity index (χ0v) is 14.1. The third-order valence-electron chi connectivity index (χ3n) is 4.24. The Labute approximate surface area is 151 Å². The van der Waals surface area contributed by atoms with Crippen molar-refractivity contribution in [3.05, 3.63) is 79.0 Å². The normalized spacial score (nSPS) is 14.1. The quantitative estimate of drug-likeness (QED) is 0.752. The number of nitrogens with zero attached hydrogens (tertiary/aromatic N) is 4. The van der Waals surface area contributed by atoms with Gasteiger partial charge in [-0.25, -0.2) is 15.0 Å². The molecule has 0 atom stereocenters. The molecule has 1 aromatic carbocycles. The van der Waals surface area contributed by atoms with E-state index in [1.54, 1.807) is 18.6 Å². The molecule has 6 nitrogen and oxygen atoms in total. The van der Waals surface area contributed by atoms with Crippen LogP contribution in [0.4, 0.5) is 17.2 Å². The van der Waals surface area contributed by atoms with Crippen LogP contribution in [-0.2, 0) is 0 Å². The Hall–Kier alpha value is -3.54. The molecule has 4 rings (SSSR count). The molecular weight excluding hydrogens is 324 g/mol. The van der Waals surface area contributed by atoms with Gasteiger partial charge < -0.3 is 10.2 Å². The molecule has 128 valence electrons. The molecule has 0 spiro atoms. The van der Waals surface area contributed by atoms with E-state index >= 15 is 0 Å². The second-order valence-corrected chi connectivity index (χ2v) is 5.98. The summed E-state index contributed by atoms with van der Waals surface area (Å²) in [6, 6.07) is 14.0. The minimum absolute atomic E-state index is 0.534. The van der Waals surface area contributed by atoms with E-state index in [0.29, 0.717) is 18.8 Å². The monoisotopic (exact) mass is 342 g/mol. The summed E-state index contributed by atoms with van der Waals surface area (Å²) in [5.41, 5.74) is 4.04. The molecule has 2 aromatic heterocycles. The van der Waals surface area contributed by atoms with Crippen LogP contribution in [0.1, 0.15) is 12.0 Å². The molecule has 0 aliphatic carbocycles. The molecule has 0 bridgehead atoms. The van der Waals surface area contributed by atoms with Crippen LogP contribution in [0.5, 0.6) is 0 Å². The molecule has 0 unspecified atom stereocenters. The minimum Gasteiger partial charge on any atom is -0.340 e. The lowest BCUT2D eigenvalue weighted by Gasteiger charge is -2.28. The molecule has 2 N–H and O–H groups in total. The van der Waals surface area contributed by atoms with Gasteiger partial charge >= 0.3 is 0 Å². The van der Waals surface area contributed by atoms with Crippen LogP contribution in [0.3, 0.4) is 0 Å². The molecule has 0 amide bonds. The van der Waals surface area contributed by atoms with Gasteiger partial charge in [-0.15, -0.1) is 0 Å². The van der Waals surface area contributed by atoms with Gasteiger partial charge in [0.1, 0.15) is 18.0 Å². The summed E-state index contributed by atoms with van der Waals surface area (Å²) in [6.07, 6.45) is 9.46. The van der Waals surface area contributed by atoms with Crippen LogP contribution in [0.25, 0.3) is 5.57 Å². The SMILES string of the molecule is N=C1CC(c2ccnc(Nc3ccccc3)c2)=CCN1c1cncnc1. The summed E-state index contributed by atoms with van der Waals surface area (Å²) in [4.78, 5) is 14.4. The van der Waals surface area contributed by atoms with Gasteiger partial charge in [-0.3, -0.25) is 5.41 Å². The van der Waals surface area contributed by atoms with E-state index in [2.05, 4.69) is 26.3 Å². The smallest absolute Gasteiger partial charge is 0.130 e. The van der Waals surface area contributed by atoms with Crippen LogP contribution in [0.15, 0.2) is 73.5 Å². The van der Waals surface area contributed by atoms with E-state index in [1.807, 2.05) is 47.4 Å². The molecule has 26 heavy (non-hydrogen) atoms. The molecule has 0 radical (unpaired) electrons. The summed E-state index contributed by atoms with van der Waals surface area (Å²) in [5.74, 6) is 1.33. The van der Waals surface area contributed by atoms with Gasteiger partial charge in [-0.2, -0.15) is 0 Å². The first kappa shape index (κ1) is 16.0. The third-order valence-corrected chi connectivity index (χ3v) is 4.24. The zero-order chi connectivity index (χ0) is 17.8. The fourth-order valence-corrected chi connectivity index (χ4v) is 2.94. The lowest BCUT2D eigenvalue weighted by atomic mass is 9.99. The Morgan fingerprint density at radius 3 is 2.62 bits per heavy atom.